The number of esters is 1. The van der Waals surface area contributed by atoms with Crippen molar-refractivity contribution in [2.75, 3.05) is 19.0 Å². The molecule has 2 heterocycles. The van der Waals surface area contributed by atoms with Crippen LogP contribution in [0.4, 0.5) is 4.39 Å². The number of hydrogen-bond donors (Lipinski definition) is 3. The number of aliphatic hydroxyl groups excluding tert-OH is 1. The van der Waals surface area contributed by atoms with Crippen LogP contribution >= 0.6 is 31.1 Å². The van der Waals surface area contributed by atoms with Gasteiger partial charge in [-0.15, -0.1) is 0 Å². The average Bonchev–Trinajstić information content (AvgIpc) is 3.05. The fraction of sp³-hybridized carbons (Fsp3) is 0.739. The molecule has 1 aliphatic rings. The molecular formula is C23H36ClFN3O10PS. The molecule has 1 aromatic rings. The third kappa shape index (κ3) is 8.96. The van der Waals surface area contributed by atoms with Gasteiger partial charge in [-0.05, 0) is 27.7 Å². The van der Waals surface area contributed by atoms with Crippen molar-refractivity contribution in [3.05, 3.63) is 32.6 Å². The van der Waals surface area contributed by atoms with Gasteiger partial charge in [-0.3, -0.25) is 33.0 Å². The number of rotatable bonds is 12. The van der Waals surface area contributed by atoms with Crippen molar-refractivity contribution in [1.29, 1.82) is 0 Å². The molecule has 6 atom stereocenters. The summed E-state index contributed by atoms with van der Waals surface area (Å²) in [5.41, 5.74) is -2.29. The summed E-state index contributed by atoms with van der Waals surface area (Å²) >= 11 is 6.86. The SMILES string of the molecule is Cc1cn([C@@H]2O[C@H](CO[P@](=O)(N[C@H](C)C(=O)OC(C)C)OCCSC(=O)C(C)(C)C)[C@@H](O)[C@@]2(F)Cl)c(=O)[nH]c1=O. The maximum Gasteiger partial charge on any atom is 0.406 e. The van der Waals surface area contributed by atoms with Crippen molar-refractivity contribution < 1.29 is 42.2 Å². The molecule has 0 aliphatic carbocycles. The van der Waals surface area contributed by atoms with Gasteiger partial charge in [0.25, 0.3) is 10.7 Å². The van der Waals surface area contributed by atoms with Gasteiger partial charge in [0.15, 0.2) is 11.3 Å². The molecule has 13 nitrogen and oxygen atoms in total. The molecule has 0 spiro atoms. The highest BCUT2D eigenvalue weighted by molar-refractivity contribution is 8.13. The largest absolute Gasteiger partial charge is 0.462 e. The first kappa shape index (κ1) is 34.6. The van der Waals surface area contributed by atoms with E-state index in [1.54, 1.807) is 34.6 Å². The van der Waals surface area contributed by atoms with E-state index in [-0.39, 0.29) is 23.0 Å². The second-order valence-electron chi connectivity index (χ2n) is 10.5. The second-order valence-corrected chi connectivity index (χ2v) is 13.9. The monoisotopic (exact) mass is 631 g/mol. The summed E-state index contributed by atoms with van der Waals surface area (Å²) in [6.45, 7) is 10.2. The highest BCUT2D eigenvalue weighted by Crippen LogP contribution is 2.48. The number of nitrogens with zero attached hydrogens (tertiary/aromatic N) is 1. The van der Waals surface area contributed by atoms with E-state index in [4.69, 9.17) is 30.1 Å². The number of nitrogens with one attached hydrogen (secondary N) is 2. The first-order valence-electron chi connectivity index (χ1n) is 12.4. The number of halogens is 2. The lowest BCUT2D eigenvalue weighted by atomic mass is 10.00. The maximum absolute atomic E-state index is 15.4. The van der Waals surface area contributed by atoms with Crippen molar-refractivity contribution in [1.82, 2.24) is 14.6 Å². The minimum absolute atomic E-state index is 0.0528. The van der Waals surface area contributed by atoms with Crippen LogP contribution in [0, 0.1) is 12.3 Å². The molecule has 1 saturated heterocycles. The zero-order chi connectivity index (χ0) is 30.6. The van der Waals surface area contributed by atoms with Gasteiger partial charge in [-0.1, -0.05) is 44.1 Å². The minimum atomic E-state index is -4.36. The van der Waals surface area contributed by atoms with Crippen LogP contribution in [-0.2, 0) is 32.7 Å². The van der Waals surface area contributed by atoms with Crippen LogP contribution in [0.1, 0.15) is 53.3 Å². The molecule has 0 aromatic carbocycles. The number of H-pyrrole nitrogens is 1. The predicted molar refractivity (Wildman–Crippen MR) is 146 cm³/mol. The molecule has 0 unspecified atom stereocenters. The van der Waals surface area contributed by atoms with Crippen LogP contribution in [0.25, 0.3) is 0 Å². The topological polar surface area (TPSA) is 175 Å². The average molecular weight is 632 g/mol. The van der Waals surface area contributed by atoms with Crippen LogP contribution in [0.5, 0.6) is 0 Å². The summed E-state index contributed by atoms with van der Waals surface area (Å²) in [5.74, 6) is -0.655. The van der Waals surface area contributed by atoms with Gasteiger partial charge in [0, 0.05) is 22.9 Å². The number of carbonyl (C=O) groups excluding carboxylic acids is 2. The molecule has 0 saturated carbocycles. The predicted octanol–water partition coefficient (Wildman–Crippen LogP) is 2.38. The standard InChI is InChI=1S/C23H36ClFN3O10PS/c1-12(2)37-18(31)14(4)27-39(34,35-8-9-40-20(32)22(5,6)7)36-11-15-16(29)23(24,25)19(38-15)28-10-13(3)17(30)26-21(28)33/h10,12,14-16,19,29H,8-9,11H2,1-7H3,(H,27,34)(H,26,30,33)/t14-,15-,16-,19-,23+,39+/m1/s1. The van der Waals surface area contributed by atoms with Gasteiger partial charge in [-0.25, -0.2) is 18.8 Å². The van der Waals surface area contributed by atoms with Gasteiger partial charge in [0.2, 0.25) is 0 Å². The number of thioether (sulfide) groups is 1. The lowest BCUT2D eigenvalue weighted by Gasteiger charge is -2.25. The van der Waals surface area contributed by atoms with E-state index in [2.05, 4.69) is 5.09 Å². The van der Waals surface area contributed by atoms with E-state index < -0.39 is 72.7 Å². The number of alkyl halides is 2. The molecular weight excluding hydrogens is 596 g/mol. The van der Waals surface area contributed by atoms with E-state index in [0.717, 1.165) is 18.0 Å². The van der Waals surface area contributed by atoms with Gasteiger partial charge in [-0.2, -0.15) is 0 Å². The second kappa shape index (κ2) is 13.6. The molecule has 1 fully saturated rings. The number of aliphatic hydroxyl groups is 1. The third-order valence-corrected chi connectivity index (χ3v) is 8.80. The Kier molecular flexibility index (Phi) is 11.8. The maximum atomic E-state index is 15.4. The fourth-order valence-corrected chi connectivity index (χ4v) is 5.97. The van der Waals surface area contributed by atoms with Crippen molar-refractivity contribution in [2.24, 2.45) is 5.41 Å². The fourth-order valence-electron chi connectivity index (χ4n) is 3.28. The van der Waals surface area contributed by atoms with E-state index in [1.165, 1.54) is 13.8 Å². The van der Waals surface area contributed by atoms with Gasteiger partial charge in [0.05, 0.1) is 19.3 Å². The molecule has 3 N–H and O–H groups in total. The van der Waals surface area contributed by atoms with Gasteiger partial charge in [0.1, 0.15) is 18.2 Å². The number of hydrogen-bond acceptors (Lipinski definition) is 11. The number of aromatic amines is 1. The summed E-state index contributed by atoms with van der Waals surface area (Å²) in [6, 6.07) is -1.17. The number of carbonyl (C=O) groups is 2. The van der Waals surface area contributed by atoms with Crippen LogP contribution in [-0.4, -0.2) is 74.2 Å². The highest BCUT2D eigenvalue weighted by Gasteiger charge is 2.58. The highest BCUT2D eigenvalue weighted by atomic mass is 35.5. The Morgan fingerprint density at radius 1 is 1.32 bits per heavy atom. The van der Waals surface area contributed by atoms with Gasteiger partial charge >= 0.3 is 19.4 Å². The Bertz CT molecular complexity index is 1230. The zero-order valence-corrected chi connectivity index (χ0v) is 25.7. The Labute approximate surface area is 240 Å². The summed E-state index contributed by atoms with van der Waals surface area (Å²) in [7, 11) is -4.36. The smallest absolute Gasteiger partial charge is 0.406 e. The molecule has 0 radical (unpaired) electrons. The van der Waals surface area contributed by atoms with Crippen molar-refractivity contribution in [3.63, 3.8) is 0 Å². The van der Waals surface area contributed by atoms with Crippen LogP contribution < -0.4 is 16.3 Å². The normalized spacial score (nSPS) is 25.5. The lowest BCUT2D eigenvalue weighted by Crippen LogP contribution is -2.42. The molecule has 17 heteroatoms. The van der Waals surface area contributed by atoms with E-state index in [1.807, 2.05) is 4.98 Å². The molecule has 40 heavy (non-hydrogen) atoms. The Balaban J connectivity index is 2.19. The minimum Gasteiger partial charge on any atom is -0.462 e. The quantitative estimate of drug-likeness (QED) is 0.133. The molecule has 0 amide bonds. The van der Waals surface area contributed by atoms with E-state index >= 15 is 4.39 Å². The summed E-state index contributed by atoms with van der Waals surface area (Å²) < 4.78 is 51.0. The van der Waals surface area contributed by atoms with E-state index in [9.17, 15) is 28.8 Å². The lowest BCUT2D eigenvalue weighted by molar-refractivity contribution is -0.149. The number of aryl methyl sites for hydroxylation is 1. The van der Waals surface area contributed by atoms with Crippen molar-refractivity contribution >= 4 is 42.2 Å². The van der Waals surface area contributed by atoms with E-state index in [0.29, 0.717) is 4.57 Å². The third-order valence-electron chi connectivity index (χ3n) is 5.43. The summed E-state index contributed by atoms with van der Waals surface area (Å²) in [6.07, 6.45) is -4.95. The number of aromatic nitrogens is 2. The van der Waals surface area contributed by atoms with Crippen molar-refractivity contribution in [3.8, 4) is 0 Å². The molecule has 2 rings (SSSR count). The van der Waals surface area contributed by atoms with Crippen LogP contribution in [0.3, 0.4) is 0 Å². The summed E-state index contributed by atoms with van der Waals surface area (Å²) in [5, 5.41) is 9.77. The first-order valence-corrected chi connectivity index (χ1v) is 15.3. The number of ether oxygens (including phenoxy) is 2. The Hall–Kier alpha value is -1.58. The van der Waals surface area contributed by atoms with Gasteiger partial charge < -0.3 is 14.6 Å². The molecule has 0 bridgehead atoms. The molecule has 1 aromatic heterocycles. The molecule has 228 valence electrons. The van der Waals surface area contributed by atoms with Crippen LogP contribution in [0.2, 0.25) is 0 Å². The molecule has 1 aliphatic heterocycles. The zero-order valence-electron chi connectivity index (χ0n) is 23.3. The Morgan fingerprint density at radius 3 is 2.52 bits per heavy atom. The van der Waals surface area contributed by atoms with Crippen LogP contribution in [0.15, 0.2) is 15.8 Å². The first-order chi connectivity index (χ1) is 18.3. The van der Waals surface area contributed by atoms with Crippen molar-refractivity contribution in [2.45, 2.75) is 84.2 Å². The summed E-state index contributed by atoms with van der Waals surface area (Å²) in [4.78, 5) is 50.4. The Morgan fingerprint density at radius 2 is 1.95 bits per heavy atom.